The van der Waals surface area contributed by atoms with Gasteiger partial charge in [-0.3, -0.25) is 9.48 Å². The van der Waals surface area contributed by atoms with Gasteiger partial charge in [0.2, 0.25) is 10.0 Å². The predicted octanol–water partition coefficient (Wildman–Crippen LogP) is 0.342. The second-order valence-corrected chi connectivity index (χ2v) is 6.52. The molecule has 8 heteroatoms. The molecule has 19 heavy (non-hydrogen) atoms. The number of aryl methyl sites for hydroxylation is 1. The average Bonchev–Trinajstić information content (AvgIpc) is 2.76. The molecule has 7 nitrogen and oxygen atoms in total. The lowest BCUT2D eigenvalue weighted by atomic mass is 9.85. The first kappa shape index (κ1) is 14.0. The minimum atomic E-state index is -3.70. The third-order valence-electron chi connectivity index (χ3n) is 3.38. The summed E-state index contributed by atoms with van der Waals surface area (Å²) in [5, 5.41) is 12.9. The topological polar surface area (TPSA) is 101 Å². The number of carboxylic acid groups (broad SMARTS) is 1. The van der Waals surface area contributed by atoms with Crippen molar-refractivity contribution in [3.8, 4) is 0 Å². The van der Waals surface area contributed by atoms with Crippen LogP contribution in [0.4, 0.5) is 0 Å². The fourth-order valence-electron chi connectivity index (χ4n) is 2.37. The number of nitrogens with one attached hydrogen (secondary N) is 1. The summed E-state index contributed by atoms with van der Waals surface area (Å²) >= 11 is 0. The summed E-state index contributed by atoms with van der Waals surface area (Å²) in [6.07, 6.45) is 5.36. The highest BCUT2D eigenvalue weighted by atomic mass is 32.2. The Morgan fingerprint density at radius 1 is 1.47 bits per heavy atom. The summed E-state index contributed by atoms with van der Waals surface area (Å²) in [6.45, 7) is 0. The Morgan fingerprint density at radius 3 is 2.74 bits per heavy atom. The fourth-order valence-corrected chi connectivity index (χ4v) is 3.67. The number of nitrogens with zero attached hydrogens (tertiary/aromatic N) is 2. The molecule has 106 valence electrons. The van der Waals surface area contributed by atoms with E-state index in [0.717, 1.165) is 12.8 Å². The van der Waals surface area contributed by atoms with Crippen LogP contribution in [0.1, 0.15) is 25.7 Å². The van der Waals surface area contributed by atoms with Gasteiger partial charge in [-0.2, -0.15) is 5.10 Å². The third-order valence-corrected chi connectivity index (χ3v) is 4.83. The molecule has 0 aromatic carbocycles. The van der Waals surface area contributed by atoms with Gasteiger partial charge in [0, 0.05) is 19.3 Å². The van der Waals surface area contributed by atoms with Crippen LogP contribution in [-0.4, -0.2) is 35.3 Å². The second kappa shape index (κ2) is 5.30. The molecule has 0 amide bonds. The highest BCUT2D eigenvalue weighted by Crippen LogP contribution is 2.26. The molecule has 0 aliphatic heterocycles. The van der Waals surface area contributed by atoms with E-state index >= 15 is 0 Å². The highest BCUT2D eigenvalue weighted by Gasteiger charge is 2.34. The molecule has 1 aliphatic rings. The van der Waals surface area contributed by atoms with Crippen LogP contribution in [0.25, 0.3) is 0 Å². The third kappa shape index (κ3) is 3.13. The van der Waals surface area contributed by atoms with Crippen LogP contribution in [0.5, 0.6) is 0 Å². The van der Waals surface area contributed by atoms with Crippen molar-refractivity contribution in [3.63, 3.8) is 0 Å². The maximum atomic E-state index is 12.1. The number of hydrogen-bond donors (Lipinski definition) is 2. The van der Waals surface area contributed by atoms with Crippen LogP contribution >= 0.6 is 0 Å². The number of carbonyl (C=O) groups is 1. The van der Waals surface area contributed by atoms with E-state index in [0.29, 0.717) is 12.8 Å². The maximum absolute atomic E-state index is 12.1. The van der Waals surface area contributed by atoms with Crippen LogP contribution in [0.3, 0.4) is 0 Å². The molecular weight excluding hydrogens is 270 g/mol. The van der Waals surface area contributed by atoms with E-state index in [9.17, 15) is 13.2 Å². The van der Waals surface area contributed by atoms with Gasteiger partial charge in [-0.25, -0.2) is 13.1 Å². The van der Waals surface area contributed by atoms with Crippen molar-refractivity contribution >= 4 is 16.0 Å². The summed E-state index contributed by atoms with van der Waals surface area (Å²) in [5.41, 5.74) is 0. The van der Waals surface area contributed by atoms with Crippen molar-refractivity contribution < 1.29 is 18.3 Å². The molecular formula is C11H17N3O4S. The molecule has 2 N–H and O–H groups in total. The number of aromatic nitrogens is 2. The average molecular weight is 287 g/mol. The molecule has 0 spiro atoms. The van der Waals surface area contributed by atoms with Gasteiger partial charge < -0.3 is 5.11 Å². The van der Waals surface area contributed by atoms with Crippen molar-refractivity contribution in [2.45, 2.75) is 36.6 Å². The van der Waals surface area contributed by atoms with E-state index in [2.05, 4.69) is 9.82 Å². The van der Waals surface area contributed by atoms with Crippen LogP contribution in [0, 0.1) is 5.92 Å². The molecule has 1 aliphatic carbocycles. The van der Waals surface area contributed by atoms with Gasteiger partial charge in [0.1, 0.15) is 4.90 Å². The van der Waals surface area contributed by atoms with Gasteiger partial charge >= 0.3 is 5.97 Å². The van der Waals surface area contributed by atoms with Crippen LogP contribution in [0.15, 0.2) is 17.3 Å². The fraction of sp³-hybridized carbons (Fsp3) is 0.636. The Kier molecular flexibility index (Phi) is 3.91. The lowest BCUT2D eigenvalue weighted by molar-refractivity contribution is -0.143. The Balaban J connectivity index is 2.16. The highest BCUT2D eigenvalue weighted by molar-refractivity contribution is 7.89. The Morgan fingerprint density at radius 2 is 2.16 bits per heavy atom. The van der Waals surface area contributed by atoms with Gasteiger partial charge in [-0.15, -0.1) is 0 Å². The van der Waals surface area contributed by atoms with Crippen molar-refractivity contribution in [3.05, 3.63) is 12.4 Å². The van der Waals surface area contributed by atoms with Gasteiger partial charge in [0.15, 0.2) is 0 Å². The smallest absolute Gasteiger partial charge is 0.308 e. The lowest BCUT2D eigenvalue weighted by Crippen LogP contribution is -2.44. The lowest BCUT2D eigenvalue weighted by Gasteiger charge is -2.28. The van der Waals surface area contributed by atoms with E-state index in [1.807, 2.05) is 0 Å². The second-order valence-electron chi connectivity index (χ2n) is 4.81. The first-order valence-corrected chi connectivity index (χ1v) is 7.62. The molecule has 0 radical (unpaired) electrons. The molecule has 1 aromatic heterocycles. The van der Waals surface area contributed by atoms with E-state index in [-0.39, 0.29) is 4.90 Å². The monoisotopic (exact) mass is 287 g/mol. The molecule has 1 fully saturated rings. The van der Waals surface area contributed by atoms with Gasteiger partial charge in [-0.05, 0) is 12.8 Å². The van der Waals surface area contributed by atoms with Gasteiger partial charge in [0.25, 0.3) is 0 Å². The number of carboxylic acids is 1. The SMILES string of the molecule is Cn1cc(S(=O)(=O)NC2CCCCC2C(=O)O)cn1. The van der Waals surface area contributed by atoms with Gasteiger partial charge in [-0.1, -0.05) is 12.8 Å². The summed E-state index contributed by atoms with van der Waals surface area (Å²) < 4.78 is 28.1. The van der Waals surface area contributed by atoms with Crippen molar-refractivity contribution in [1.82, 2.24) is 14.5 Å². The predicted molar refractivity (Wildman–Crippen MR) is 66.9 cm³/mol. The number of sulfonamides is 1. The van der Waals surface area contributed by atoms with E-state index < -0.39 is 28.0 Å². The normalized spacial score (nSPS) is 24.3. The summed E-state index contributed by atoms with van der Waals surface area (Å²) in [5.74, 6) is -1.60. The van der Waals surface area contributed by atoms with Gasteiger partial charge in [0.05, 0.1) is 12.1 Å². The minimum absolute atomic E-state index is 0.0599. The van der Waals surface area contributed by atoms with Crippen LogP contribution < -0.4 is 4.72 Å². The summed E-state index contributed by atoms with van der Waals surface area (Å²) in [6, 6.07) is -0.545. The number of aliphatic carboxylic acids is 1. The number of rotatable bonds is 4. The maximum Gasteiger partial charge on any atom is 0.308 e. The Bertz CT molecular complexity index is 566. The Hall–Kier alpha value is -1.41. The zero-order chi connectivity index (χ0) is 14.0. The molecule has 0 saturated heterocycles. The zero-order valence-electron chi connectivity index (χ0n) is 10.6. The summed E-state index contributed by atoms with van der Waals surface area (Å²) in [7, 11) is -2.08. The molecule has 1 heterocycles. The molecule has 1 aromatic rings. The summed E-state index contributed by atoms with van der Waals surface area (Å²) in [4.78, 5) is 11.2. The van der Waals surface area contributed by atoms with Crippen LogP contribution in [-0.2, 0) is 21.9 Å². The molecule has 1 saturated carbocycles. The standard InChI is InChI=1S/C11H17N3O4S/c1-14-7-8(6-12-14)19(17,18)13-10-5-3-2-4-9(10)11(15)16/h6-7,9-10,13H,2-5H2,1H3,(H,15,16). The van der Waals surface area contributed by atoms with Crippen molar-refractivity contribution in [2.75, 3.05) is 0 Å². The first-order chi connectivity index (χ1) is 8.90. The molecule has 0 bridgehead atoms. The molecule has 2 unspecified atom stereocenters. The quantitative estimate of drug-likeness (QED) is 0.831. The minimum Gasteiger partial charge on any atom is -0.481 e. The first-order valence-electron chi connectivity index (χ1n) is 6.14. The van der Waals surface area contributed by atoms with E-state index in [4.69, 9.17) is 5.11 Å². The van der Waals surface area contributed by atoms with Crippen molar-refractivity contribution in [1.29, 1.82) is 0 Å². The van der Waals surface area contributed by atoms with Crippen molar-refractivity contribution in [2.24, 2.45) is 13.0 Å². The molecule has 2 rings (SSSR count). The largest absolute Gasteiger partial charge is 0.481 e. The van der Waals surface area contributed by atoms with Crippen LogP contribution in [0.2, 0.25) is 0 Å². The van der Waals surface area contributed by atoms with E-state index in [1.165, 1.54) is 17.1 Å². The zero-order valence-corrected chi connectivity index (χ0v) is 11.4. The van der Waals surface area contributed by atoms with E-state index in [1.54, 1.807) is 7.05 Å². The Labute approximate surface area is 111 Å². The molecule has 2 atom stereocenters. The number of hydrogen-bond acceptors (Lipinski definition) is 4.